The van der Waals surface area contributed by atoms with Crippen LogP contribution in [0, 0.1) is 12.7 Å². The lowest BCUT2D eigenvalue weighted by Gasteiger charge is -2.16. The number of carbonyl (C=O) groups excluding carboxylic acids is 2. The van der Waals surface area contributed by atoms with E-state index >= 15 is 0 Å². The van der Waals surface area contributed by atoms with Crippen molar-refractivity contribution in [1.29, 1.82) is 0 Å². The number of rotatable bonds is 8. The highest BCUT2D eigenvalue weighted by molar-refractivity contribution is 5.97. The third-order valence-corrected chi connectivity index (χ3v) is 4.84. The summed E-state index contributed by atoms with van der Waals surface area (Å²) in [5.41, 5.74) is 1.58. The van der Waals surface area contributed by atoms with E-state index in [1.54, 1.807) is 25.1 Å². The molecule has 1 aromatic heterocycles. The Kier molecular flexibility index (Phi) is 10.5. The van der Waals surface area contributed by atoms with E-state index in [1.165, 1.54) is 44.2 Å². The van der Waals surface area contributed by atoms with E-state index in [9.17, 15) is 19.1 Å². The van der Waals surface area contributed by atoms with Gasteiger partial charge in [0.25, 0.3) is 5.91 Å². The summed E-state index contributed by atoms with van der Waals surface area (Å²) in [6.07, 6.45) is 1.07. The van der Waals surface area contributed by atoms with Gasteiger partial charge in [-0.15, -0.1) is 0 Å². The number of phenolic OH excluding ortho intramolecular Hbond substituents is 1. The minimum Gasteiger partial charge on any atom is -0.508 e. The first kappa shape index (κ1) is 27.9. The zero-order valence-electron chi connectivity index (χ0n) is 20.4. The smallest absolute Gasteiger partial charge is 0.325 e. The first-order valence-electron chi connectivity index (χ1n) is 10.9. The summed E-state index contributed by atoms with van der Waals surface area (Å²) in [6.45, 7) is 3.24. The lowest BCUT2D eigenvalue weighted by Crippen LogP contribution is -2.33. The Morgan fingerprint density at radius 2 is 1.69 bits per heavy atom. The molecule has 2 aromatic carbocycles. The van der Waals surface area contributed by atoms with Crippen LogP contribution in [0.1, 0.15) is 28.5 Å². The van der Waals surface area contributed by atoms with Crippen LogP contribution in [0.3, 0.4) is 0 Å². The Morgan fingerprint density at radius 3 is 2.31 bits per heavy atom. The van der Waals surface area contributed by atoms with Crippen LogP contribution in [0.2, 0.25) is 0 Å². The van der Waals surface area contributed by atoms with Crippen LogP contribution in [0.25, 0.3) is 0 Å². The topological polar surface area (TPSA) is 127 Å². The van der Waals surface area contributed by atoms with Gasteiger partial charge in [0.1, 0.15) is 30.0 Å². The van der Waals surface area contributed by atoms with E-state index in [1.807, 2.05) is 19.1 Å². The molecule has 0 spiro atoms. The van der Waals surface area contributed by atoms with E-state index in [2.05, 4.69) is 10.3 Å². The van der Waals surface area contributed by atoms with Crippen molar-refractivity contribution in [2.45, 2.75) is 26.4 Å². The average Bonchev–Trinajstić information content (AvgIpc) is 2.86. The van der Waals surface area contributed by atoms with Gasteiger partial charge in [-0.2, -0.15) is 0 Å². The number of methoxy groups -OCH3 is 2. The fraction of sp³-hybridized carbons (Fsp3) is 0.269. The molecular weight excluding hydrogens is 471 g/mol. The maximum atomic E-state index is 13.2. The number of pyridine rings is 1. The number of aromatic hydroxyl groups is 2. The van der Waals surface area contributed by atoms with Gasteiger partial charge in [-0.1, -0.05) is 23.8 Å². The molecule has 1 heterocycles. The van der Waals surface area contributed by atoms with Crippen LogP contribution in [0.5, 0.6) is 23.0 Å². The fourth-order valence-corrected chi connectivity index (χ4v) is 3.05. The lowest BCUT2D eigenvalue weighted by molar-refractivity contribution is -0.146. The summed E-state index contributed by atoms with van der Waals surface area (Å²) in [5, 5.41) is 21.0. The minimum atomic E-state index is -0.749. The van der Waals surface area contributed by atoms with E-state index in [0.717, 1.165) is 0 Å². The number of amides is 1. The molecule has 0 saturated carbocycles. The van der Waals surface area contributed by atoms with E-state index in [0.29, 0.717) is 23.5 Å². The third-order valence-electron chi connectivity index (χ3n) is 4.84. The zero-order valence-corrected chi connectivity index (χ0v) is 20.4. The number of phenols is 1. The van der Waals surface area contributed by atoms with Gasteiger partial charge in [0.15, 0.2) is 17.2 Å². The van der Waals surface area contributed by atoms with Gasteiger partial charge >= 0.3 is 5.97 Å². The van der Waals surface area contributed by atoms with Gasteiger partial charge in [0.05, 0.1) is 14.2 Å². The number of nitrogens with zero attached hydrogens (tertiary/aromatic N) is 1. The monoisotopic (exact) mass is 500 g/mol. The maximum absolute atomic E-state index is 13.2. The number of hydrogen-bond donors (Lipinski definition) is 3. The van der Waals surface area contributed by atoms with Gasteiger partial charge < -0.3 is 29.7 Å². The number of esters is 1. The highest BCUT2D eigenvalue weighted by Crippen LogP contribution is 2.27. The molecule has 0 radical (unpaired) electrons. The van der Waals surface area contributed by atoms with E-state index < -0.39 is 36.1 Å². The molecule has 192 valence electrons. The Morgan fingerprint density at radius 1 is 1.03 bits per heavy atom. The highest BCUT2D eigenvalue weighted by atomic mass is 19.1. The predicted octanol–water partition coefficient (Wildman–Crippen LogP) is 3.55. The van der Waals surface area contributed by atoms with Crippen molar-refractivity contribution in [3.8, 4) is 23.0 Å². The normalized spacial score (nSPS) is 10.9. The molecule has 3 aromatic rings. The molecule has 0 aliphatic rings. The van der Waals surface area contributed by atoms with Crippen LogP contribution >= 0.6 is 0 Å². The number of ether oxygens (including phenoxy) is 3. The molecule has 10 heteroatoms. The van der Waals surface area contributed by atoms with Crippen LogP contribution in [-0.4, -0.2) is 53.9 Å². The summed E-state index contributed by atoms with van der Waals surface area (Å²) in [5.74, 6) is -1.50. The van der Waals surface area contributed by atoms with Gasteiger partial charge in [-0.05, 0) is 37.6 Å². The van der Waals surface area contributed by atoms with Crippen molar-refractivity contribution in [2.75, 3.05) is 20.8 Å². The van der Waals surface area contributed by atoms with Crippen molar-refractivity contribution in [2.24, 2.45) is 0 Å². The largest absolute Gasteiger partial charge is 0.508 e. The van der Waals surface area contributed by atoms with Gasteiger partial charge in [0, 0.05) is 24.8 Å². The Labute approximate surface area is 208 Å². The number of hydrogen-bond acceptors (Lipinski definition) is 8. The first-order valence-corrected chi connectivity index (χ1v) is 10.9. The Bertz CT molecular complexity index is 1150. The van der Waals surface area contributed by atoms with Crippen molar-refractivity contribution in [3.63, 3.8) is 0 Å². The number of aryl methyl sites for hydroxylation is 1. The van der Waals surface area contributed by atoms with E-state index in [-0.39, 0.29) is 11.4 Å². The minimum absolute atomic E-state index is 0.0876. The number of aromatic nitrogens is 1. The molecule has 3 N–H and O–H groups in total. The average molecular weight is 501 g/mol. The summed E-state index contributed by atoms with van der Waals surface area (Å²) >= 11 is 0. The highest BCUT2D eigenvalue weighted by Gasteiger charge is 2.19. The second-order valence-corrected chi connectivity index (χ2v) is 7.69. The standard InChI is InChI=1S/C19H21FN2O6.C7H8O/c1-11(8-12-4-5-13(20)9-15(12)27-3)28-16(23)10-22-19(25)17-18(24)14(26-2)6-7-21-17;1-6-2-4-7(8)5-3-6/h4-7,9,11,24H,8,10H2,1-3H3,(H,22,25);2-5,8H,1H3. The van der Waals surface area contributed by atoms with Gasteiger partial charge in [-0.25, -0.2) is 9.37 Å². The molecule has 1 atom stereocenters. The molecule has 1 amide bonds. The summed E-state index contributed by atoms with van der Waals surface area (Å²) < 4.78 is 28.5. The number of nitrogens with one attached hydrogen (secondary N) is 1. The summed E-state index contributed by atoms with van der Waals surface area (Å²) in [6, 6.07) is 12.6. The molecule has 9 nitrogen and oxygen atoms in total. The summed E-state index contributed by atoms with van der Waals surface area (Å²) in [7, 11) is 2.76. The number of halogens is 1. The van der Waals surface area contributed by atoms with E-state index in [4.69, 9.17) is 19.3 Å². The first-order chi connectivity index (χ1) is 17.1. The molecule has 0 bridgehead atoms. The fourth-order valence-electron chi connectivity index (χ4n) is 3.05. The third kappa shape index (κ3) is 8.46. The van der Waals surface area contributed by atoms with Crippen molar-refractivity contribution >= 4 is 11.9 Å². The number of carbonyl (C=O) groups is 2. The maximum Gasteiger partial charge on any atom is 0.325 e. The van der Waals surface area contributed by atoms with Gasteiger partial charge in [0.2, 0.25) is 0 Å². The molecule has 3 rings (SSSR count). The van der Waals surface area contributed by atoms with Crippen molar-refractivity contribution in [3.05, 3.63) is 77.4 Å². The number of benzene rings is 2. The quantitative estimate of drug-likeness (QED) is 0.401. The molecule has 0 aliphatic carbocycles. The summed E-state index contributed by atoms with van der Waals surface area (Å²) in [4.78, 5) is 27.8. The SMILES string of the molecule is COc1cc(F)ccc1CC(C)OC(=O)CNC(=O)c1nccc(OC)c1O.Cc1ccc(O)cc1. The van der Waals surface area contributed by atoms with Crippen LogP contribution in [0.4, 0.5) is 4.39 Å². The molecule has 36 heavy (non-hydrogen) atoms. The predicted molar refractivity (Wildman–Crippen MR) is 130 cm³/mol. The van der Waals surface area contributed by atoms with Crippen LogP contribution in [0.15, 0.2) is 54.7 Å². The Balaban J connectivity index is 0.000000482. The van der Waals surface area contributed by atoms with Crippen LogP contribution < -0.4 is 14.8 Å². The second kappa shape index (κ2) is 13.5. The molecule has 0 aliphatic heterocycles. The second-order valence-electron chi connectivity index (χ2n) is 7.69. The van der Waals surface area contributed by atoms with Crippen molar-refractivity contribution < 1.29 is 38.4 Å². The van der Waals surface area contributed by atoms with Crippen LogP contribution in [-0.2, 0) is 16.0 Å². The molecule has 0 fully saturated rings. The zero-order chi connectivity index (χ0) is 26.7. The lowest BCUT2D eigenvalue weighted by atomic mass is 10.1. The van der Waals surface area contributed by atoms with Gasteiger partial charge in [-0.3, -0.25) is 9.59 Å². The molecule has 1 unspecified atom stereocenters. The molecular formula is C26H29FN2O7. The molecule has 0 saturated heterocycles. The Hall–Kier alpha value is -4.34. The van der Waals surface area contributed by atoms with Crippen molar-refractivity contribution in [1.82, 2.24) is 10.3 Å².